The summed E-state index contributed by atoms with van der Waals surface area (Å²) in [5.41, 5.74) is -0.676. The summed E-state index contributed by atoms with van der Waals surface area (Å²) >= 11 is 0. The van der Waals surface area contributed by atoms with Gasteiger partial charge >= 0.3 is 0 Å². The van der Waals surface area contributed by atoms with Gasteiger partial charge < -0.3 is 0 Å². The van der Waals surface area contributed by atoms with E-state index >= 15 is 0 Å². The van der Waals surface area contributed by atoms with Gasteiger partial charge in [0.1, 0.15) is 0 Å². The molecule has 4 heteroatoms. The smallest absolute Gasteiger partial charge is 0.227 e. The highest BCUT2D eigenvalue weighted by Gasteiger charge is 2.38. The second kappa shape index (κ2) is 8.44. The molecular weight excluding hydrogens is 280 g/mol. The van der Waals surface area contributed by atoms with Crippen molar-refractivity contribution in [1.29, 1.82) is 0 Å². The first kappa shape index (κ1) is 19.6. The lowest BCUT2D eigenvalue weighted by atomic mass is 10.0. The fraction of sp³-hybridized carbons (Fsp3) is 0.889. The zero-order chi connectivity index (χ0) is 16.7. The first-order valence-corrected chi connectivity index (χ1v) is 8.65. The number of hydrogen-bond acceptors (Lipinski definition) is 4. The summed E-state index contributed by atoms with van der Waals surface area (Å²) < 4.78 is 0. The molecule has 0 heterocycles. The number of hydrogen-bond donors (Lipinski definition) is 0. The van der Waals surface area contributed by atoms with Crippen molar-refractivity contribution in [3.05, 3.63) is 12.2 Å². The third-order valence-electron chi connectivity index (χ3n) is 3.79. The van der Waals surface area contributed by atoms with Crippen molar-refractivity contribution in [2.75, 3.05) is 0 Å². The monoisotopic (exact) mass is 314 g/mol. The standard InChI is InChI=1S/C18H34O4/c1-7-12-16(3,4)19-21-18(14-10-9-11-15-18)22-20-17(5,6)13-8-2/h10,14H,7-9,11-13,15H2,1-6H3. The second-order valence-corrected chi connectivity index (χ2v) is 7.46. The van der Waals surface area contributed by atoms with Crippen molar-refractivity contribution in [2.45, 2.75) is 103 Å². The van der Waals surface area contributed by atoms with Crippen LogP contribution in [-0.2, 0) is 19.6 Å². The molecular formula is C18H34O4. The Morgan fingerprint density at radius 3 is 1.77 bits per heavy atom. The zero-order valence-corrected chi connectivity index (χ0v) is 15.2. The van der Waals surface area contributed by atoms with Gasteiger partial charge in [-0.1, -0.05) is 32.8 Å². The van der Waals surface area contributed by atoms with E-state index in [0.29, 0.717) is 0 Å². The summed E-state index contributed by atoms with van der Waals surface area (Å²) in [5, 5.41) is 0. The summed E-state index contributed by atoms with van der Waals surface area (Å²) in [5.74, 6) is -0.936. The van der Waals surface area contributed by atoms with E-state index in [2.05, 4.69) is 19.9 Å². The van der Waals surface area contributed by atoms with Gasteiger partial charge in [-0.2, -0.15) is 9.78 Å². The van der Waals surface area contributed by atoms with Crippen molar-refractivity contribution in [3.63, 3.8) is 0 Å². The fourth-order valence-electron chi connectivity index (χ4n) is 2.62. The van der Waals surface area contributed by atoms with Crippen LogP contribution in [-0.4, -0.2) is 17.0 Å². The Kier molecular flexibility index (Phi) is 7.53. The van der Waals surface area contributed by atoms with Crippen LogP contribution in [0.15, 0.2) is 12.2 Å². The van der Waals surface area contributed by atoms with Gasteiger partial charge in [-0.05, 0) is 59.5 Å². The molecule has 0 fully saturated rings. The third kappa shape index (κ3) is 6.78. The molecule has 130 valence electrons. The van der Waals surface area contributed by atoms with Crippen LogP contribution in [0.1, 0.15) is 86.5 Å². The molecule has 0 saturated heterocycles. The van der Waals surface area contributed by atoms with E-state index in [1.54, 1.807) is 0 Å². The predicted molar refractivity (Wildman–Crippen MR) is 88.0 cm³/mol. The van der Waals surface area contributed by atoms with Gasteiger partial charge in [-0.15, -0.1) is 0 Å². The SMILES string of the molecule is CCCC(C)(C)OOC1(OOC(C)(C)CCC)C=CCCC1. The molecule has 22 heavy (non-hydrogen) atoms. The summed E-state index contributed by atoms with van der Waals surface area (Å²) in [6.45, 7) is 12.4. The largest absolute Gasteiger partial charge is 0.252 e. The molecule has 0 amide bonds. The summed E-state index contributed by atoms with van der Waals surface area (Å²) in [6, 6.07) is 0. The second-order valence-electron chi connectivity index (χ2n) is 7.46. The van der Waals surface area contributed by atoms with Crippen LogP contribution in [0.4, 0.5) is 0 Å². The fourth-order valence-corrected chi connectivity index (χ4v) is 2.62. The molecule has 0 aromatic rings. The highest BCUT2D eigenvalue weighted by molar-refractivity contribution is 4.99. The Bertz CT molecular complexity index is 325. The van der Waals surface area contributed by atoms with Gasteiger partial charge in [0.15, 0.2) is 0 Å². The molecule has 0 aromatic heterocycles. The van der Waals surface area contributed by atoms with Crippen LogP contribution in [0.25, 0.3) is 0 Å². The van der Waals surface area contributed by atoms with Gasteiger partial charge in [0.25, 0.3) is 5.79 Å². The maximum atomic E-state index is 5.73. The highest BCUT2D eigenvalue weighted by Crippen LogP contribution is 2.32. The molecule has 0 aromatic carbocycles. The Labute approximate surface area is 136 Å². The molecule has 1 aliphatic carbocycles. The molecule has 0 atom stereocenters. The van der Waals surface area contributed by atoms with Gasteiger partial charge in [0.2, 0.25) is 0 Å². The molecule has 0 unspecified atom stereocenters. The van der Waals surface area contributed by atoms with Crippen LogP contribution in [0.5, 0.6) is 0 Å². The predicted octanol–water partition coefficient (Wildman–Crippen LogP) is 5.48. The quantitative estimate of drug-likeness (QED) is 0.232. The van der Waals surface area contributed by atoms with Crippen molar-refractivity contribution in [1.82, 2.24) is 0 Å². The molecule has 0 bridgehead atoms. The van der Waals surface area contributed by atoms with Crippen LogP contribution < -0.4 is 0 Å². The van der Waals surface area contributed by atoms with E-state index < -0.39 is 5.79 Å². The zero-order valence-electron chi connectivity index (χ0n) is 15.2. The third-order valence-corrected chi connectivity index (χ3v) is 3.79. The lowest BCUT2D eigenvalue weighted by Gasteiger charge is -2.36. The van der Waals surface area contributed by atoms with Crippen LogP contribution in [0, 0.1) is 0 Å². The molecule has 1 rings (SSSR count). The van der Waals surface area contributed by atoms with E-state index in [1.807, 2.05) is 33.8 Å². The minimum atomic E-state index is -0.936. The Balaban J connectivity index is 2.66. The number of rotatable bonds is 10. The number of allylic oxidation sites excluding steroid dienone is 1. The van der Waals surface area contributed by atoms with Crippen LogP contribution >= 0.6 is 0 Å². The molecule has 0 N–H and O–H groups in total. The maximum Gasteiger partial charge on any atom is 0.252 e. The molecule has 0 spiro atoms. The maximum absolute atomic E-state index is 5.73. The average molecular weight is 314 g/mol. The lowest BCUT2D eigenvalue weighted by Crippen LogP contribution is -2.41. The molecule has 0 radical (unpaired) electrons. The molecule has 1 aliphatic rings. The minimum Gasteiger partial charge on any atom is -0.227 e. The normalized spacial score (nSPS) is 18.6. The average Bonchev–Trinajstić information content (AvgIpc) is 2.45. The first-order valence-electron chi connectivity index (χ1n) is 8.65. The summed E-state index contributed by atoms with van der Waals surface area (Å²) in [7, 11) is 0. The summed E-state index contributed by atoms with van der Waals surface area (Å²) in [4.78, 5) is 22.8. The van der Waals surface area contributed by atoms with Crippen LogP contribution in [0.2, 0.25) is 0 Å². The van der Waals surface area contributed by atoms with E-state index in [4.69, 9.17) is 19.6 Å². The first-order chi connectivity index (χ1) is 10.2. The topological polar surface area (TPSA) is 36.9 Å². The van der Waals surface area contributed by atoms with Crippen molar-refractivity contribution >= 4 is 0 Å². The van der Waals surface area contributed by atoms with Gasteiger partial charge in [0, 0.05) is 6.42 Å². The lowest BCUT2D eigenvalue weighted by molar-refractivity contribution is -0.531. The highest BCUT2D eigenvalue weighted by atomic mass is 17.3. The van der Waals surface area contributed by atoms with Crippen LogP contribution in [0.3, 0.4) is 0 Å². The Morgan fingerprint density at radius 2 is 1.41 bits per heavy atom. The van der Waals surface area contributed by atoms with Gasteiger partial charge in [-0.25, -0.2) is 9.78 Å². The van der Waals surface area contributed by atoms with Gasteiger partial charge in [-0.3, -0.25) is 0 Å². The Hall–Kier alpha value is -0.420. The van der Waals surface area contributed by atoms with Gasteiger partial charge in [0.05, 0.1) is 11.2 Å². The summed E-state index contributed by atoms with van der Waals surface area (Å²) in [6.07, 6.45) is 10.7. The van der Waals surface area contributed by atoms with E-state index in [0.717, 1.165) is 44.9 Å². The van der Waals surface area contributed by atoms with Crippen molar-refractivity contribution in [2.24, 2.45) is 0 Å². The van der Waals surface area contributed by atoms with E-state index in [-0.39, 0.29) is 11.2 Å². The molecule has 4 nitrogen and oxygen atoms in total. The van der Waals surface area contributed by atoms with Crippen molar-refractivity contribution < 1.29 is 19.6 Å². The van der Waals surface area contributed by atoms with E-state index in [1.165, 1.54) is 0 Å². The molecule has 0 aliphatic heterocycles. The van der Waals surface area contributed by atoms with Crippen molar-refractivity contribution in [3.8, 4) is 0 Å². The molecule has 0 saturated carbocycles. The Morgan fingerprint density at radius 1 is 0.909 bits per heavy atom. The minimum absolute atomic E-state index is 0.338. The van der Waals surface area contributed by atoms with E-state index in [9.17, 15) is 0 Å².